The van der Waals surface area contributed by atoms with Crippen molar-refractivity contribution < 1.29 is 51.7 Å². The number of aliphatic hydroxyl groups excluding tert-OH is 4. The van der Waals surface area contributed by atoms with Crippen LogP contribution in [0.25, 0.3) is 0 Å². The lowest BCUT2D eigenvalue weighted by Gasteiger charge is -2.57. The molecule has 18 unspecified atom stereocenters. The van der Waals surface area contributed by atoms with Crippen molar-refractivity contribution in [1.82, 2.24) is 30.4 Å². The Bertz CT molecular complexity index is 2050. The van der Waals surface area contributed by atoms with Gasteiger partial charge < -0.3 is 51.7 Å². The van der Waals surface area contributed by atoms with Crippen molar-refractivity contribution in [2.24, 2.45) is 35.5 Å². The van der Waals surface area contributed by atoms with Gasteiger partial charge in [-0.15, -0.1) is 0 Å². The minimum absolute atomic E-state index is 0.0166. The predicted octanol–water partition coefficient (Wildman–Crippen LogP) is 16.9. The lowest BCUT2D eigenvalue weighted by Crippen LogP contribution is -2.67. The number of hydroxylamine groups is 12. The first-order valence-electron chi connectivity index (χ1n) is 36.2. The van der Waals surface area contributed by atoms with E-state index in [9.17, 15) is 51.7 Å². The molecule has 6 aliphatic heterocycles. The monoisotopic (exact) mass is 1270 g/mol. The molecule has 534 valence electrons. The minimum atomic E-state index is -0.359. The molecule has 0 aromatic heterocycles. The van der Waals surface area contributed by atoms with Gasteiger partial charge in [-0.05, 0) is 231 Å². The van der Waals surface area contributed by atoms with Crippen molar-refractivity contribution in [3.05, 3.63) is 0 Å². The van der Waals surface area contributed by atoms with Crippen LogP contribution in [0.2, 0.25) is 0 Å². The molecule has 0 bridgehead atoms. The Balaban J connectivity index is 0.000000535. The summed E-state index contributed by atoms with van der Waals surface area (Å²) >= 11 is 0. The number of piperidine rings is 6. The van der Waals surface area contributed by atoms with Crippen LogP contribution in [0.1, 0.15) is 343 Å². The van der Waals surface area contributed by atoms with Crippen LogP contribution in [0.3, 0.4) is 0 Å². The van der Waals surface area contributed by atoms with Crippen molar-refractivity contribution >= 4 is 0 Å². The summed E-state index contributed by atoms with van der Waals surface area (Å²) in [5, 5.41) is 112. The Morgan fingerprint density at radius 1 is 0.315 bits per heavy atom. The molecule has 18 atom stereocenters. The summed E-state index contributed by atoms with van der Waals surface area (Å²) in [6.45, 7) is 62.7. The largest absolute Gasteiger partial charge is 0.393 e. The van der Waals surface area contributed by atoms with Crippen LogP contribution in [0.5, 0.6) is 0 Å². The SMILES string of the molecule is CCC1(C)CC(O)C(C)C(C)(C)N1O.CCC1(C)CC(O)C(C)C(C)(CC)N1O.CCC1(C)CCC(C)C(C)(C)N1O.CCC1(C)CCC(C)C(C)(CC)N1O.CCC1(CC)CC(O)C(C)C(C)(C)N1O.CCCC1(C)CC(O)C(CC)C(C)(CCC)N1O. The molecule has 0 aliphatic carbocycles. The van der Waals surface area contributed by atoms with Gasteiger partial charge in [0.2, 0.25) is 0 Å². The van der Waals surface area contributed by atoms with E-state index in [0.717, 1.165) is 96.3 Å². The van der Waals surface area contributed by atoms with E-state index in [1.54, 1.807) is 15.2 Å². The molecule has 0 aromatic carbocycles. The second-order valence-electron chi connectivity index (χ2n) is 33.3. The van der Waals surface area contributed by atoms with Crippen LogP contribution in [-0.4, -0.2) is 173 Å². The first-order valence-corrected chi connectivity index (χ1v) is 36.2. The standard InChI is InChI=1S/C15H31NO2.2C12H25NO2.C12H25NO.C11H23NO2.C11H23NO/c1-6-9-14(4)11-13(17)12(8-3)15(5,10-7-2)16(14)18;1-6-11(4)8-10(14)9(3)12(5,7-2)13(11)15;1-6-12(7-2)8-10(14)9(3)11(4,5)13(12)15;1-6-11(4)9-8-10(3)12(5,7-2)13(11)14;1-6-11(5)7-9(13)8(2)10(3,4)12(11)14;1-6-11(5)8-7-9(2)10(3,4)12(11)13/h12-13,17-18H,6-11H2,1-5H3;2*9-10,14-15H,6-8H2,1-5H3;10,14H,6-9H2,1-5H3;8-9,13-14H,6-7H2,1-5H3;9,13H,6-8H2,1-5H3. The normalized spacial score (nSPS) is 42.6. The molecule has 10 N–H and O–H groups in total. The first kappa shape index (κ1) is 86.4. The van der Waals surface area contributed by atoms with Crippen LogP contribution in [0.4, 0.5) is 0 Å². The molecule has 6 aliphatic rings. The average Bonchev–Trinajstić information content (AvgIpc) is 0.936. The number of nitrogens with zero attached hydrogens (tertiary/aromatic N) is 6. The number of rotatable bonds is 13. The maximum atomic E-state index is 10.8. The van der Waals surface area contributed by atoms with Gasteiger partial charge in [-0.1, -0.05) is 124 Å². The van der Waals surface area contributed by atoms with E-state index in [-0.39, 0.29) is 115 Å². The molecule has 16 heteroatoms. The molecule has 6 rings (SSSR count). The third-order valence-electron chi connectivity index (χ3n) is 27.1. The fraction of sp³-hybridized carbons (Fsp3) is 1.00. The second kappa shape index (κ2) is 33.1. The van der Waals surface area contributed by atoms with Crippen LogP contribution >= 0.6 is 0 Å². The fourth-order valence-electron chi connectivity index (χ4n) is 16.8. The summed E-state index contributed by atoms with van der Waals surface area (Å²) in [6.07, 6.45) is 18.2. The lowest BCUT2D eigenvalue weighted by molar-refractivity contribution is -0.292. The van der Waals surface area contributed by atoms with Gasteiger partial charge >= 0.3 is 0 Å². The zero-order valence-corrected chi connectivity index (χ0v) is 63.8. The molecular formula is C73H152N6O10. The summed E-state index contributed by atoms with van der Waals surface area (Å²) < 4.78 is 0. The van der Waals surface area contributed by atoms with Crippen LogP contribution < -0.4 is 0 Å². The van der Waals surface area contributed by atoms with Gasteiger partial charge in [0.1, 0.15) is 0 Å². The fourth-order valence-corrected chi connectivity index (χ4v) is 16.8. The van der Waals surface area contributed by atoms with Crippen molar-refractivity contribution in [2.45, 2.75) is 433 Å². The average molecular weight is 1270 g/mol. The predicted molar refractivity (Wildman–Crippen MR) is 367 cm³/mol. The van der Waals surface area contributed by atoms with Crippen LogP contribution in [0, 0.1) is 35.5 Å². The van der Waals surface area contributed by atoms with E-state index in [0.29, 0.717) is 37.5 Å². The topological polar surface area (TPSA) is 222 Å². The van der Waals surface area contributed by atoms with Gasteiger partial charge in [-0.3, -0.25) is 0 Å². The van der Waals surface area contributed by atoms with Crippen molar-refractivity contribution in [3.63, 3.8) is 0 Å². The summed E-state index contributed by atoms with van der Waals surface area (Å²) in [7, 11) is 0. The van der Waals surface area contributed by atoms with E-state index < -0.39 is 0 Å². The molecule has 16 nitrogen and oxygen atoms in total. The van der Waals surface area contributed by atoms with Crippen molar-refractivity contribution in [3.8, 4) is 0 Å². The highest BCUT2D eigenvalue weighted by atomic mass is 16.5. The zero-order chi connectivity index (χ0) is 70.1. The van der Waals surface area contributed by atoms with Gasteiger partial charge in [0.15, 0.2) is 0 Å². The smallest absolute Gasteiger partial charge is 0.0605 e. The molecule has 0 amide bonds. The Hall–Kier alpha value is -0.640. The highest BCUT2D eigenvalue weighted by Crippen LogP contribution is 2.50. The van der Waals surface area contributed by atoms with E-state index >= 15 is 0 Å². The summed E-state index contributed by atoms with van der Waals surface area (Å²) in [6, 6.07) is 0. The number of hydrogen-bond donors (Lipinski definition) is 10. The Morgan fingerprint density at radius 3 is 1.04 bits per heavy atom. The Labute approximate surface area is 548 Å². The highest BCUT2D eigenvalue weighted by Gasteiger charge is 2.57. The van der Waals surface area contributed by atoms with E-state index in [2.05, 4.69) is 132 Å². The maximum Gasteiger partial charge on any atom is 0.0605 e. The highest BCUT2D eigenvalue weighted by molar-refractivity contribution is 5.08. The lowest BCUT2D eigenvalue weighted by atomic mass is 9.67. The molecule has 0 spiro atoms. The third-order valence-corrected chi connectivity index (χ3v) is 27.1. The molecule has 89 heavy (non-hydrogen) atoms. The number of hydrogen-bond acceptors (Lipinski definition) is 16. The minimum Gasteiger partial charge on any atom is -0.393 e. The van der Waals surface area contributed by atoms with Gasteiger partial charge in [-0.25, -0.2) is 0 Å². The molecule has 0 aromatic rings. The van der Waals surface area contributed by atoms with Gasteiger partial charge in [0.25, 0.3) is 0 Å². The van der Waals surface area contributed by atoms with Crippen molar-refractivity contribution in [1.29, 1.82) is 0 Å². The second-order valence-corrected chi connectivity index (χ2v) is 33.3. The maximum absolute atomic E-state index is 10.8. The van der Waals surface area contributed by atoms with Gasteiger partial charge in [0.05, 0.1) is 24.4 Å². The first-order chi connectivity index (χ1) is 40.5. The zero-order valence-electron chi connectivity index (χ0n) is 63.8. The van der Waals surface area contributed by atoms with E-state index in [1.165, 1.54) is 28.0 Å². The summed E-state index contributed by atoms with van der Waals surface area (Å²) in [4.78, 5) is 0. The molecule has 6 heterocycles. The molecule has 6 fully saturated rings. The Morgan fingerprint density at radius 2 is 0.652 bits per heavy atom. The third kappa shape index (κ3) is 17.8. The van der Waals surface area contributed by atoms with E-state index in [4.69, 9.17) is 0 Å². The Kier molecular flexibility index (Phi) is 32.1. The molecule has 0 saturated carbocycles. The molecule has 0 radical (unpaired) electrons. The quantitative estimate of drug-likeness (QED) is 0.0828. The molecular weight excluding hydrogens is 1120 g/mol. The van der Waals surface area contributed by atoms with Crippen LogP contribution in [0.15, 0.2) is 0 Å². The van der Waals surface area contributed by atoms with Crippen molar-refractivity contribution in [2.75, 3.05) is 0 Å². The van der Waals surface area contributed by atoms with Gasteiger partial charge in [-0.2, -0.15) is 30.4 Å². The number of aliphatic hydroxyl groups is 4. The molecule has 6 saturated heterocycles. The van der Waals surface area contributed by atoms with Crippen LogP contribution in [-0.2, 0) is 0 Å². The van der Waals surface area contributed by atoms with E-state index in [1.807, 2.05) is 76.2 Å². The van der Waals surface area contributed by atoms with Gasteiger partial charge in [0, 0.05) is 90.1 Å². The summed E-state index contributed by atoms with van der Waals surface area (Å²) in [5.74, 6) is 1.59. The summed E-state index contributed by atoms with van der Waals surface area (Å²) in [5.41, 5.74) is -2.62.